The molecule has 0 heterocycles. The van der Waals surface area contributed by atoms with E-state index in [4.69, 9.17) is 0 Å². The fraction of sp³-hybridized carbons (Fsp3) is 1.00. The van der Waals surface area contributed by atoms with Crippen molar-refractivity contribution in [3.63, 3.8) is 0 Å². The standard InChI is InChI=1S/C2H5B.Zr/c1-2-3;/h2H2,1H3;/q;+2. The van der Waals surface area contributed by atoms with Crippen molar-refractivity contribution < 1.29 is 24.0 Å². The average molecular weight is 131 g/mol. The molecule has 18 valence electrons. The van der Waals surface area contributed by atoms with Gasteiger partial charge in [0.05, 0.1) is 0 Å². The Morgan fingerprint density at radius 2 is 2.25 bits per heavy atom. The molecule has 0 saturated carbocycles. The summed E-state index contributed by atoms with van der Waals surface area (Å²) >= 11 is 1.54. The van der Waals surface area contributed by atoms with Crippen LogP contribution in [-0.4, -0.2) is 4.37 Å². The minimum absolute atomic E-state index is 1.23. The zero-order valence-corrected chi connectivity index (χ0v) is 5.24. The van der Waals surface area contributed by atoms with E-state index in [2.05, 4.69) is 11.3 Å². The number of hydrogen-bond acceptors (Lipinski definition) is 0. The van der Waals surface area contributed by atoms with Gasteiger partial charge in [0, 0.05) is 0 Å². The van der Waals surface area contributed by atoms with Crippen LogP contribution in [0.2, 0.25) is 6.32 Å². The Hall–Kier alpha value is 0.948. The van der Waals surface area contributed by atoms with Gasteiger partial charge in [-0.3, -0.25) is 0 Å². The molecule has 0 nitrogen and oxygen atoms in total. The van der Waals surface area contributed by atoms with Crippen LogP contribution in [0.1, 0.15) is 6.92 Å². The minimum atomic E-state index is 1.23. The fourth-order valence-electron chi connectivity index (χ4n) is 0. The molecule has 2 heteroatoms. The first-order chi connectivity index (χ1) is 1.91. The van der Waals surface area contributed by atoms with Crippen LogP contribution in [0.3, 0.4) is 0 Å². The number of hydrogen-bond donors (Lipinski definition) is 0. The number of rotatable bonds is 1. The second kappa shape index (κ2) is 3.95. The van der Waals surface area contributed by atoms with Crippen LogP contribution in [0, 0.1) is 0 Å². The Morgan fingerprint density at radius 1 is 2.00 bits per heavy atom. The molecule has 4 heavy (non-hydrogen) atoms. The molecule has 0 rings (SSSR count). The van der Waals surface area contributed by atoms with Crippen molar-refractivity contribution in [3.8, 4) is 0 Å². The molecule has 0 aromatic heterocycles. The van der Waals surface area contributed by atoms with Gasteiger partial charge in [0.25, 0.3) is 0 Å². The first-order valence-electron chi connectivity index (χ1n) is 1.40. The van der Waals surface area contributed by atoms with Gasteiger partial charge < -0.3 is 0 Å². The maximum absolute atomic E-state index is 2.22. The molecule has 0 saturated heterocycles. The summed E-state index contributed by atoms with van der Waals surface area (Å²) in [5, 5.41) is 0. The van der Waals surface area contributed by atoms with Gasteiger partial charge in [-0.25, -0.2) is 0 Å². The van der Waals surface area contributed by atoms with E-state index in [0.717, 1.165) is 0 Å². The molecule has 0 aliphatic heterocycles. The molecule has 0 fully saturated rings. The van der Waals surface area contributed by atoms with Crippen LogP contribution >= 0.6 is 0 Å². The maximum atomic E-state index is 2.22. The molecule has 0 atom stereocenters. The Kier molecular flexibility index (Phi) is 4.88. The SMILES string of the molecule is CC[B]=[Zr+2]. The normalized spacial score (nSPS) is 5.75. The van der Waals surface area contributed by atoms with Crippen molar-refractivity contribution in [2.24, 2.45) is 0 Å². The quantitative estimate of drug-likeness (QED) is 0.457. The van der Waals surface area contributed by atoms with Crippen molar-refractivity contribution in [2.45, 2.75) is 13.2 Å². The van der Waals surface area contributed by atoms with Gasteiger partial charge in [0.2, 0.25) is 0 Å². The Morgan fingerprint density at radius 3 is 2.25 bits per heavy atom. The Bertz CT molecular complexity index is 20.0. The Balaban J connectivity index is 2.30. The van der Waals surface area contributed by atoms with Gasteiger partial charge in [-0.05, 0) is 0 Å². The zero-order chi connectivity index (χ0) is 3.41. The van der Waals surface area contributed by atoms with Crippen molar-refractivity contribution in [3.05, 3.63) is 0 Å². The summed E-state index contributed by atoms with van der Waals surface area (Å²) in [7, 11) is 0. The third-order valence-corrected chi connectivity index (χ3v) is 1.21. The molecule has 0 aromatic rings. The van der Waals surface area contributed by atoms with E-state index in [0.29, 0.717) is 0 Å². The van der Waals surface area contributed by atoms with E-state index in [1.165, 1.54) is 6.32 Å². The van der Waals surface area contributed by atoms with E-state index >= 15 is 0 Å². The molecule has 0 aliphatic carbocycles. The van der Waals surface area contributed by atoms with Gasteiger partial charge in [-0.1, -0.05) is 0 Å². The molecule has 0 amide bonds. The van der Waals surface area contributed by atoms with Gasteiger partial charge >= 0.3 is 41.6 Å². The summed E-state index contributed by atoms with van der Waals surface area (Å²) in [5.41, 5.74) is 0. The summed E-state index contributed by atoms with van der Waals surface area (Å²) < 4.78 is 2.22. The monoisotopic (exact) mass is 130 g/mol. The van der Waals surface area contributed by atoms with E-state index in [9.17, 15) is 0 Å². The summed E-state index contributed by atoms with van der Waals surface area (Å²) in [6.45, 7) is 2.15. The second-order valence-corrected chi connectivity index (χ2v) is 1.62. The predicted molar refractivity (Wildman–Crippen MR) is 16.2 cm³/mol. The molecule has 0 N–H and O–H groups in total. The van der Waals surface area contributed by atoms with Crippen molar-refractivity contribution in [2.75, 3.05) is 0 Å². The van der Waals surface area contributed by atoms with E-state index in [-0.39, 0.29) is 0 Å². The summed E-state index contributed by atoms with van der Waals surface area (Å²) in [6, 6.07) is 0. The summed E-state index contributed by atoms with van der Waals surface area (Å²) in [5.74, 6) is 0. The van der Waals surface area contributed by atoms with Crippen LogP contribution in [0.15, 0.2) is 0 Å². The molecule has 0 aromatic carbocycles. The molecule has 0 bridgehead atoms. The molecule has 0 unspecified atom stereocenters. The van der Waals surface area contributed by atoms with Crippen molar-refractivity contribution in [1.82, 2.24) is 0 Å². The van der Waals surface area contributed by atoms with Gasteiger partial charge in [-0.15, -0.1) is 0 Å². The average Bonchev–Trinajstić information content (AvgIpc) is 1.37. The predicted octanol–water partition coefficient (Wildman–Crippen LogP) is 0.591. The third-order valence-electron chi connectivity index (χ3n) is 0.204. The first kappa shape index (κ1) is 4.95. The van der Waals surface area contributed by atoms with E-state index in [1.807, 2.05) is 0 Å². The van der Waals surface area contributed by atoms with E-state index < -0.39 is 0 Å². The van der Waals surface area contributed by atoms with E-state index in [1.54, 1.807) is 24.0 Å². The van der Waals surface area contributed by atoms with Crippen molar-refractivity contribution >= 4 is 4.37 Å². The third kappa shape index (κ3) is 2.95. The molecule has 0 radical (unpaired) electrons. The molecule has 0 aliphatic rings. The Labute approximate surface area is 41.8 Å². The van der Waals surface area contributed by atoms with Gasteiger partial charge in [-0.2, -0.15) is 0 Å². The van der Waals surface area contributed by atoms with Gasteiger partial charge in [0.15, 0.2) is 0 Å². The van der Waals surface area contributed by atoms with Crippen molar-refractivity contribution in [1.29, 1.82) is 0 Å². The molecular weight excluding hydrogens is 126 g/mol. The van der Waals surface area contributed by atoms with Gasteiger partial charge in [0.1, 0.15) is 0 Å². The second-order valence-electron chi connectivity index (χ2n) is 0.612. The molecule has 0 spiro atoms. The zero-order valence-electron chi connectivity index (χ0n) is 2.78. The van der Waals surface area contributed by atoms with Crippen LogP contribution in [0.4, 0.5) is 0 Å². The van der Waals surface area contributed by atoms with Crippen LogP contribution in [0.5, 0.6) is 0 Å². The summed E-state index contributed by atoms with van der Waals surface area (Å²) in [4.78, 5) is 0. The molecular formula is C2H5BZr+2. The topological polar surface area (TPSA) is 0 Å². The van der Waals surface area contributed by atoms with Crippen LogP contribution in [-0.2, 0) is 24.0 Å². The fourth-order valence-corrected chi connectivity index (χ4v) is 0. The first-order valence-corrected chi connectivity index (χ1v) is 2.82. The van der Waals surface area contributed by atoms with Crippen LogP contribution in [0.25, 0.3) is 0 Å². The van der Waals surface area contributed by atoms with Crippen LogP contribution < -0.4 is 0 Å². The summed E-state index contributed by atoms with van der Waals surface area (Å²) in [6.07, 6.45) is 1.23.